The lowest BCUT2D eigenvalue weighted by Crippen LogP contribution is -2.39. The third kappa shape index (κ3) is 4.59. The Balaban J connectivity index is 1.34. The number of rotatable bonds is 7. The Morgan fingerprint density at radius 3 is 2.64 bits per heavy atom. The van der Waals surface area contributed by atoms with Crippen molar-refractivity contribution in [3.8, 4) is 5.75 Å². The zero-order valence-corrected chi connectivity index (χ0v) is 19.5. The van der Waals surface area contributed by atoms with Crippen LogP contribution in [0, 0.1) is 12.8 Å². The van der Waals surface area contributed by atoms with Gasteiger partial charge in [0.2, 0.25) is 11.8 Å². The SMILES string of the molecule is COc1ccc(CCC(=O)N2CCCC[C@H]2c2nc(C)c3c(n2)N(CC2CC2)C(=O)C3)cc1. The molecule has 1 saturated carbocycles. The van der Waals surface area contributed by atoms with Crippen LogP contribution in [0.2, 0.25) is 0 Å². The number of aryl methyl sites for hydroxylation is 2. The molecule has 0 N–H and O–H groups in total. The molecule has 0 radical (unpaired) electrons. The first kappa shape index (κ1) is 21.9. The minimum atomic E-state index is -0.121. The number of anilines is 1. The molecular formula is C26H32N4O3. The summed E-state index contributed by atoms with van der Waals surface area (Å²) < 4.78 is 5.22. The fraction of sp³-hybridized carbons (Fsp3) is 0.538. The molecule has 7 nitrogen and oxygen atoms in total. The van der Waals surface area contributed by atoms with Crippen molar-refractivity contribution in [3.63, 3.8) is 0 Å². The van der Waals surface area contributed by atoms with Crippen LogP contribution in [-0.4, -0.2) is 46.9 Å². The van der Waals surface area contributed by atoms with Gasteiger partial charge in [-0.05, 0) is 69.1 Å². The number of benzene rings is 1. The molecule has 5 rings (SSSR count). The lowest BCUT2D eigenvalue weighted by atomic mass is 9.99. The van der Waals surface area contributed by atoms with Gasteiger partial charge in [-0.1, -0.05) is 12.1 Å². The van der Waals surface area contributed by atoms with Crippen molar-refractivity contribution in [2.45, 2.75) is 64.3 Å². The lowest BCUT2D eigenvalue weighted by Gasteiger charge is -2.35. The molecule has 2 amide bonds. The Labute approximate surface area is 195 Å². The first-order chi connectivity index (χ1) is 16.0. The van der Waals surface area contributed by atoms with Crippen molar-refractivity contribution in [2.75, 3.05) is 25.1 Å². The van der Waals surface area contributed by atoms with Gasteiger partial charge in [-0.25, -0.2) is 9.97 Å². The van der Waals surface area contributed by atoms with Gasteiger partial charge in [0.25, 0.3) is 0 Å². The van der Waals surface area contributed by atoms with E-state index in [-0.39, 0.29) is 17.9 Å². The zero-order valence-electron chi connectivity index (χ0n) is 19.5. The second-order valence-corrected chi connectivity index (χ2v) is 9.54. The molecule has 0 unspecified atom stereocenters. The maximum Gasteiger partial charge on any atom is 0.232 e. The van der Waals surface area contributed by atoms with E-state index < -0.39 is 0 Å². The Bertz CT molecular complexity index is 1050. The van der Waals surface area contributed by atoms with Gasteiger partial charge in [0.05, 0.1) is 19.6 Å². The summed E-state index contributed by atoms with van der Waals surface area (Å²) in [5.74, 6) is 3.17. The topological polar surface area (TPSA) is 75.6 Å². The van der Waals surface area contributed by atoms with Gasteiger partial charge >= 0.3 is 0 Å². The smallest absolute Gasteiger partial charge is 0.232 e. The number of hydrogen-bond acceptors (Lipinski definition) is 5. The molecule has 2 aliphatic heterocycles. The van der Waals surface area contributed by atoms with Crippen LogP contribution < -0.4 is 9.64 Å². The first-order valence-corrected chi connectivity index (χ1v) is 12.1. The fourth-order valence-electron chi connectivity index (χ4n) is 4.98. The third-order valence-corrected chi connectivity index (χ3v) is 7.14. The van der Waals surface area contributed by atoms with Crippen molar-refractivity contribution in [1.29, 1.82) is 0 Å². The van der Waals surface area contributed by atoms with E-state index in [9.17, 15) is 9.59 Å². The van der Waals surface area contributed by atoms with Crippen molar-refractivity contribution in [2.24, 2.45) is 5.92 Å². The summed E-state index contributed by atoms with van der Waals surface area (Å²) in [6.07, 6.45) is 6.84. The van der Waals surface area contributed by atoms with Crippen molar-refractivity contribution in [1.82, 2.24) is 14.9 Å². The van der Waals surface area contributed by atoms with Crippen LogP contribution in [0.25, 0.3) is 0 Å². The predicted octanol–water partition coefficient (Wildman–Crippen LogP) is 3.78. The molecule has 1 atom stereocenters. The second-order valence-electron chi connectivity index (χ2n) is 9.54. The number of ether oxygens (including phenoxy) is 1. The molecule has 0 bridgehead atoms. The lowest BCUT2D eigenvalue weighted by molar-refractivity contribution is -0.135. The summed E-state index contributed by atoms with van der Waals surface area (Å²) in [4.78, 5) is 39.4. The molecule has 3 aliphatic rings. The van der Waals surface area contributed by atoms with Crippen LogP contribution in [-0.2, 0) is 22.4 Å². The number of likely N-dealkylation sites (tertiary alicyclic amines) is 1. The summed E-state index contributed by atoms with van der Waals surface area (Å²) in [5.41, 5.74) is 2.95. The maximum absolute atomic E-state index is 13.2. The van der Waals surface area contributed by atoms with Crippen LogP contribution in [0.4, 0.5) is 5.82 Å². The Hall–Kier alpha value is -2.96. The Kier molecular flexibility index (Phi) is 6.04. The van der Waals surface area contributed by atoms with E-state index in [0.29, 0.717) is 31.0 Å². The number of aromatic nitrogens is 2. The number of nitrogens with zero attached hydrogens (tertiary/aromatic N) is 4. The summed E-state index contributed by atoms with van der Waals surface area (Å²) in [6, 6.07) is 7.76. The Morgan fingerprint density at radius 1 is 1.12 bits per heavy atom. The molecule has 33 heavy (non-hydrogen) atoms. The van der Waals surface area contributed by atoms with Gasteiger partial charge in [0, 0.05) is 30.8 Å². The molecular weight excluding hydrogens is 416 g/mol. The zero-order chi connectivity index (χ0) is 22.9. The van der Waals surface area contributed by atoms with E-state index in [2.05, 4.69) is 0 Å². The number of carbonyl (C=O) groups is 2. The number of piperidine rings is 1. The van der Waals surface area contributed by atoms with Gasteiger partial charge in [0.15, 0.2) is 5.82 Å². The minimum absolute atomic E-state index is 0.121. The molecule has 0 spiro atoms. The normalized spacial score (nSPS) is 20.2. The number of methoxy groups -OCH3 is 1. The molecule has 2 aromatic rings. The van der Waals surface area contributed by atoms with E-state index in [1.165, 1.54) is 12.8 Å². The molecule has 174 valence electrons. The second kappa shape index (κ2) is 9.12. The van der Waals surface area contributed by atoms with Gasteiger partial charge in [0.1, 0.15) is 11.6 Å². The van der Waals surface area contributed by atoms with Gasteiger partial charge in [-0.2, -0.15) is 0 Å². The molecule has 1 aromatic carbocycles. The largest absolute Gasteiger partial charge is 0.497 e. The van der Waals surface area contributed by atoms with Gasteiger partial charge in [-0.15, -0.1) is 0 Å². The van der Waals surface area contributed by atoms with Crippen LogP contribution >= 0.6 is 0 Å². The third-order valence-electron chi connectivity index (χ3n) is 7.14. The average Bonchev–Trinajstić information content (AvgIpc) is 3.61. The fourth-order valence-corrected chi connectivity index (χ4v) is 4.98. The quantitative estimate of drug-likeness (QED) is 0.644. The number of fused-ring (bicyclic) bond motifs is 1. The number of carbonyl (C=O) groups excluding carboxylic acids is 2. The van der Waals surface area contributed by atoms with Gasteiger partial charge in [-0.3, -0.25) is 14.5 Å². The molecule has 2 fully saturated rings. The van der Waals surface area contributed by atoms with Crippen LogP contribution in [0.15, 0.2) is 24.3 Å². The number of hydrogen-bond donors (Lipinski definition) is 0. The van der Waals surface area contributed by atoms with Crippen LogP contribution in [0.1, 0.15) is 67.2 Å². The number of amides is 2. The minimum Gasteiger partial charge on any atom is -0.497 e. The van der Waals surface area contributed by atoms with E-state index in [1.807, 2.05) is 41.0 Å². The van der Waals surface area contributed by atoms with Crippen molar-refractivity contribution >= 4 is 17.6 Å². The Morgan fingerprint density at radius 2 is 1.91 bits per heavy atom. The highest BCUT2D eigenvalue weighted by molar-refractivity contribution is 6.00. The molecule has 3 heterocycles. The molecule has 1 aliphatic carbocycles. The van der Waals surface area contributed by atoms with E-state index in [0.717, 1.165) is 60.7 Å². The summed E-state index contributed by atoms with van der Waals surface area (Å²) >= 11 is 0. The average molecular weight is 449 g/mol. The van der Waals surface area contributed by atoms with E-state index >= 15 is 0 Å². The summed E-state index contributed by atoms with van der Waals surface area (Å²) in [6.45, 7) is 3.46. The van der Waals surface area contributed by atoms with E-state index in [1.54, 1.807) is 7.11 Å². The maximum atomic E-state index is 13.2. The van der Waals surface area contributed by atoms with Crippen LogP contribution in [0.3, 0.4) is 0 Å². The molecule has 1 aromatic heterocycles. The first-order valence-electron chi connectivity index (χ1n) is 12.1. The van der Waals surface area contributed by atoms with Crippen LogP contribution in [0.5, 0.6) is 5.75 Å². The standard InChI is InChI=1S/C26H32N4O3/c1-17-21-15-24(32)30(16-19-6-7-19)26(21)28-25(27-17)22-5-3-4-14-29(22)23(31)13-10-18-8-11-20(33-2)12-9-18/h8-9,11-12,19,22H,3-7,10,13-16H2,1-2H3/t22-/m0/s1. The highest BCUT2D eigenvalue weighted by atomic mass is 16.5. The van der Waals surface area contributed by atoms with E-state index in [4.69, 9.17) is 14.7 Å². The highest BCUT2D eigenvalue weighted by Gasteiger charge is 2.37. The van der Waals surface area contributed by atoms with Gasteiger partial charge < -0.3 is 9.64 Å². The summed E-state index contributed by atoms with van der Waals surface area (Å²) in [7, 11) is 1.65. The molecule has 1 saturated heterocycles. The van der Waals surface area contributed by atoms with Crippen molar-refractivity contribution in [3.05, 3.63) is 46.9 Å². The van der Waals surface area contributed by atoms with Crippen molar-refractivity contribution < 1.29 is 14.3 Å². The highest BCUT2D eigenvalue weighted by Crippen LogP contribution is 2.38. The predicted molar refractivity (Wildman–Crippen MR) is 125 cm³/mol. The monoisotopic (exact) mass is 448 g/mol. The molecule has 7 heteroatoms. The summed E-state index contributed by atoms with van der Waals surface area (Å²) in [5, 5.41) is 0.